The highest BCUT2D eigenvalue weighted by atomic mass is 31.0. The highest BCUT2D eigenvalue weighted by molar-refractivity contribution is 7.22. The van der Waals surface area contributed by atoms with E-state index in [2.05, 4.69) is 79.1 Å². The van der Waals surface area contributed by atoms with Crippen molar-refractivity contribution >= 4 is 9.24 Å². The maximum absolute atomic E-state index is 3.74. The van der Waals surface area contributed by atoms with E-state index in [1.54, 1.807) is 0 Å². The third-order valence-corrected chi connectivity index (χ3v) is 3.67. The van der Waals surface area contributed by atoms with Crippen molar-refractivity contribution in [2.75, 3.05) is 0 Å². The molecule has 1 rings (SSSR count). The number of allylic oxidation sites excluding steroid dienone is 5. The summed E-state index contributed by atoms with van der Waals surface area (Å²) in [5.74, 6) is 0. The van der Waals surface area contributed by atoms with Crippen molar-refractivity contribution in [1.29, 1.82) is 0 Å². The highest BCUT2D eigenvalue weighted by Crippen LogP contribution is 2.31. The Kier molecular flexibility index (Phi) is 4.90. The molecule has 0 saturated carbocycles. The van der Waals surface area contributed by atoms with E-state index in [9.17, 15) is 0 Å². The molecule has 0 aliphatic heterocycles. The van der Waals surface area contributed by atoms with E-state index in [4.69, 9.17) is 0 Å². The first-order chi connectivity index (χ1) is 7.98. The Morgan fingerprint density at radius 2 is 1.76 bits per heavy atom. The lowest BCUT2D eigenvalue weighted by Crippen LogP contribution is -2.18. The molecule has 90 valence electrons. The van der Waals surface area contributed by atoms with E-state index in [0.717, 1.165) is 5.31 Å². The Hall–Kier alpha value is -1.13. The van der Waals surface area contributed by atoms with Crippen LogP contribution in [0, 0.1) is 0 Å². The monoisotopic (exact) mass is 244 g/mol. The molecule has 0 aliphatic rings. The largest absolute Gasteiger partial charge is 0.106 e. The van der Waals surface area contributed by atoms with Gasteiger partial charge in [0.05, 0.1) is 0 Å². The Morgan fingerprint density at radius 1 is 1.18 bits per heavy atom. The van der Waals surface area contributed by atoms with Gasteiger partial charge in [-0.2, -0.15) is 0 Å². The van der Waals surface area contributed by atoms with Crippen LogP contribution in [0.5, 0.6) is 0 Å². The first kappa shape index (κ1) is 13.9. The predicted molar refractivity (Wildman–Crippen MR) is 81.2 cm³/mol. The van der Waals surface area contributed by atoms with Gasteiger partial charge in [0.2, 0.25) is 0 Å². The van der Waals surface area contributed by atoms with Gasteiger partial charge < -0.3 is 0 Å². The van der Waals surface area contributed by atoms with Gasteiger partial charge in [-0.05, 0) is 17.8 Å². The molecule has 1 atom stereocenters. The molecule has 0 aromatic heterocycles. The summed E-state index contributed by atoms with van der Waals surface area (Å²) in [6, 6.07) is 10.6. The molecule has 0 amide bonds. The van der Waals surface area contributed by atoms with Gasteiger partial charge in [0.1, 0.15) is 0 Å². The van der Waals surface area contributed by atoms with Gasteiger partial charge in [-0.3, -0.25) is 0 Å². The second-order valence-electron chi connectivity index (χ2n) is 4.71. The van der Waals surface area contributed by atoms with Crippen LogP contribution in [0.25, 0.3) is 0 Å². The fourth-order valence-corrected chi connectivity index (χ4v) is 1.68. The minimum atomic E-state index is 0.0594. The fraction of sp³-hybridized carbons (Fsp3) is 0.250. The molecule has 0 spiro atoms. The summed E-state index contributed by atoms with van der Waals surface area (Å²) in [5.41, 5.74) is 2.74. The minimum absolute atomic E-state index is 0.0594. The van der Waals surface area contributed by atoms with Gasteiger partial charge in [0, 0.05) is 5.41 Å². The summed E-state index contributed by atoms with van der Waals surface area (Å²) in [4.78, 5) is 0. The Bertz CT molecular complexity index is 436. The Morgan fingerprint density at radius 3 is 2.29 bits per heavy atom. The molecule has 17 heavy (non-hydrogen) atoms. The van der Waals surface area contributed by atoms with Crippen molar-refractivity contribution in [3.63, 3.8) is 0 Å². The molecule has 0 radical (unpaired) electrons. The molecular formula is C16H21P. The van der Waals surface area contributed by atoms with E-state index in [1.807, 2.05) is 6.08 Å². The maximum atomic E-state index is 3.74. The number of hydrogen-bond donors (Lipinski definition) is 0. The van der Waals surface area contributed by atoms with Crippen LogP contribution in [0.3, 0.4) is 0 Å². The van der Waals surface area contributed by atoms with E-state index in [-0.39, 0.29) is 5.41 Å². The average Bonchev–Trinajstić information content (AvgIpc) is 2.36. The first-order valence-electron chi connectivity index (χ1n) is 5.81. The second-order valence-corrected chi connectivity index (χ2v) is 5.38. The van der Waals surface area contributed by atoms with Crippen molar-refractivity contribution in [3.05, 3.63) is 71.6 Å². The standard InChI is InChI=1S/C16H21P/c1-5-15(17)12-11-13(2)16(3,4)14-9-7-6-8-10-14/h5-12H,1,17H2,2-4H3/b13-11+,15-12+. The summed E-state index contributed by atoms with van der Waals surface area (Å²) >= 11 is 0. The molecule has 1 unspecified atom stereocenters. The van der Waals surface area contributed by atoms with Gasteiger partial charge >= 0.3 is 0 Å². The van der Waals surface area contributed by atoms with Crippen molar-refractivity contribution in [3.8, 4) is 0 Å². The van der Waals surface area contributed by atoms with E-state index < -0.39 is 0 Å². The molecule has 1 aromatic rings. The summed E-state index contributed by atoms with van der Waals surface area (Å²) in [6.45, 7) is 10.4. The topological polar surface area (TPSA) is 0 Å². The number of benzene rings is 1. The zero-order chi connectivity index (χ0) is 12.9. The maximum Gasteiger partial charge on any atom is 0.0105 e. The van der Waals surface area contributed by atoms with Crippen LogP contribution >= 0.6 is 9.24 Å². The average molecular weight is 244 g/mol. The SMILES string of the molecule is C=C/C(P)=C\C=C(/C)C(C)(C)c1ccccc1. The third kappa shape index (κ3) is 3.68. The Balaban J connectivity index is 3.02. The van der Waals surface area contributed by atoms with Crippen molar-refractivity contribution in [1.82, 2.24) is 0 Å². The first-order valence-corrected chi connectivity index (χ1v) is 6.38. The molecular weight excluding hydrogens is 223 g/mol. The second kappa shape index (κ2) is 5.98. The lowest BCUT2D eigenvalue weighted by molar-refractivity contribution is 0.623. The van der Waals surface area contributed by atoms with Crippen LogP contribution in [-0.4, -0.2) is 0 Å². The van der Waals surface area contributed by atoms with Crippen LogP contribution in [-0.2, 0) is 5.41 Å². The molecule has 1 aromatic carbocycles. The zero-order valence-electron chi connectivity index (χ0n) is 10.9. The quantitative estimate of drug-likeness (QED) is 0.524. The van der Waals surface area contributed by atoms with Crippen LogP contribution in [0.1, 0.15) is 26.3 Å². The molecule has 0 nitrogen and oxygen atoms in total. The molecule has 0 heterocycles. The van der Waals surface area contributed by atoms with E-state index >= 15 is 0 Å². The zero-order valence-corrected chi connectivity index (χ0v) is 12.1. The molecule has 0 N–H and O–H groups in total. The number of hydrogen-bond acceptors (Lipinski definition) is 0. The number of rotatable bonds is 4. The fourth-order valence-electron chi connectivity index (χ4n) is 1.58. The minimum Gasteiger partial charge on any atom is -0.106 e. The summed E-state index contributed by atoms with van der Waals surface area (Å²) in [5, 5.41) is 1.10. The van der Waals surface area contributed by atoms with E-state index in [1.165, 1.54) is 11.1 Å². The molecule has 1 heteroatoms. The highest BCUT2D eigenvalue weighted by Gasteiger charge is 2.21. The third-order valence-electron chi connectivity index (χ3n) is 3.24. The Labute approximate surface area is 107 Å². The van der Waals surface area contributed by atoms with Crippen LogP contribution in [0.15, 0.2) is 66.0 Å². The van der Waals surface area contributed by atoms with Gasteiger partial charge in [-0.15, -0.1) is 9.24 Å². The van der Waals surface area contributed by atoms with Gasteiger partial charge in [-0.25, -0.2) is 0 Å². The molecule has 0 fully saturated rings. The van der Waals surface area contributed by atoms with E-state index in [0.29, 0.717) is 0 Å². The normalized spacial score (nSPS) is 13.6. The smallest absolute Gasteiger partial charge is 0.0105 e. The molecule has 0 saturated heterocycles. The summed E-state index contributed by atoms with van der Waals surface area (Å²) < 4.78 is 0. The predicted octanol–water partition coefficient (Wildman–Crippen LogP) is 4.86. The summed E-state index contributed by atoms with van der Waals surface area (Å²) in [6.07, 6.45) is 6.08. The van der Waals surface area contributed by atoms with Gasteiger partial charge in [0.25, 0.3) is 0 Å². The van der Waals surface area contributed by atoms with Gasteiger partial charge in [-0.1, -0.05) is 74.6 Å². The van der Waals surface area contributed by atoms with Crippen molar-refractivity contribution < 1.29 is 0 Å². The van der Waals surface area contributed by atoms with Crippen molar-refractivity contribution in [2.24, 2.45) is 0 Å². The molecule has 0 bridgehead atoms. The van der Waals surface area contributed by atoms with Crippen molar-refractivity contribution in [2.45, 2.75) is 26.2 Å². The van der Waals surface area contributed by atoms with Crippen LogP contribution in [0.2, 0.25) is 0 Å². The lowest BCUT2D eigenvalue weighted by atomic mass is 9.78. The van der Waals surface area contributed by atoms with Crippen LogP contribution in [0.4, 0.5) is 0 Å². The lowest BCUT2D eigenvalue weighted by Gasteiger charge is -2.26. The van der Waals surface area contributed by atoms with Gasteiger partial charge in [0.15, 0.2) is 0 Å². The molecule has 0 aliphatic carbocycles. The summed E-state index contributed by atoms with van der Waals surface area (Å²) in [7, 11) is 2.67. The van der Waals surface area contributed by atoms with Crippen LogP contribution < -0.4 is 0 Å².